The van der Waals surface area contributed by atoms with Crippen LogP contribution in [0, 0.1) is 6.92 Å². The van der Waals surface area contributed by atoms with Gasteiger partial charge in [-0.25, -0.2) is 13.2 Å². The van der Waals surface area contributed by atoms with E-state index in [1.807, 2.05) is 0 Å². The number of benzene rings is 1. The highest BCUT2D eigenvalue weighted by Gasteiger charge is 2.62. The molecule has 1 aromatic rings. The third-order valence-corrected chi connectivity index (χ3v) is 4.79. The van der Waals surface area contributed by atoms with E-state index in [9.17, 15) is 26.4 Å². The van der Waals surface area contributed by atoms with Crippen LogP contribution in [0.3, 0.4) is 0 Å². The van der Waals surface area contributed by atoms with E-state index < -0.39 is 34.1 Å². The van der Waals surface area contributed by atoms with Crippen molar-refractivity contribution in [3.05, 3.63) is 29.8 Å². The highest BCUT2D eigenvalue weighted by Crippen LogP contribution is 2.35. The number of carbonyl (C=O) groups is 1. The Morgan fingerprint density at radius 3 is 2.09 bits per heavy atom. The number of hydrogen-bond acceptors (Lipinski definition) is 4. The van der Waals surface area contributed by atoms with Crippen LogP contribution in [0.25, 0.3) is 0 Å². The van der Waals surface area contributed by atoms with Crippen molar-refractivity contribution in [3.8, 4) is 0 Å². The molecule has 1 aromatic carbocycles. The fourth-order valence-electron chi connectivity index (χ4n) is 1.89. The number of sulfonamides is 1. The first-order chi connectivity index (χ1) is 10.5. The molecule has 5 nitrogen and oxygen atoms in total. The summed E-state index contributed by atoms with van der Waals surface area (Å²) >= 11 is 0. The molecule has 130 valence electrons. The van der Waals surface area contributed by atoms with Gasteiger partial charge in [-0.15, -0.1) is 0 Å². The summed E-state index contributed by atoms with van der Waals surface area (Å²) in [6.45, 7) is 3.79. The monoisotopic (exact) mass is 353 g/mol. The first-order valence-electron chi connectivity index (χ1n) is 6.84. The zero-order chi connectivity index (χ0) is 17.9. The van der Waals surface area contributed by atoms with Crippen LogP contribution in [0.1, 0.15) is 25.8 Å². The lowest BCUT2D eigenvalue weighted by Crippen LogP contribution is -2.64. The van der Waals surface area contributed by atoms with Gasteiger partial charge in [0.05, 0.1) is 11.5 Å². The van der Waals surface area contributed by atoms with E-state index in [2.05, 4.69) is 4.74 Å². The number of halogens is 3. The van der Waals surface area contributed by atoms with Crippen molar-refractivity contribution < 1.29 is 31.1 Å². The number of aryl methyl sites for hydroxylation is 1. The van der Waals surface area contributed by atoms with Gasteiger partial charge in [-0.05, 0) is 32.4 Å². The molecular formula is C14H18F3NO4S. The second kappa shape index (κ2) is 6.88. The molecule has 0 aromatic heterocycles. The third-order valence-electron chi connectivity index (χ3n) is 3.28. The van der Waals surface area contributed by atoms with Crippen LogP contribution in [0.4, 0.5) is 13.2 Å². The lowest BCUT2D eigenvalue weighted by Gasteiger charge is -2.32. The lowest BCUT2D eigenvalue weighted by atomic mass is 9.97. The van der Waals surface area contributed by atoms with E-state index in [-0.39, 0.29) is 11.5 Å². The molecule has 0 radical (unpaired) electrons. The van der Waals surface area contributed by atoms with Crippen LogP contribution in [-0.2, 0) is 19.6 Å². The van der Waals surface area contributed by atoms with E-state index in [0.717, 1.165) is 12.5 Å². The Kier molecular flexibility index (Phi) is 5.81. The van der Waals surface area contributed by atoms with Crippen molar-refractivity contribution in [2.24, 2.45) is 0 Å². The number of carbonyl (C=O) groups excluding carboxylic acids is 1. The summed E-state index contributed by atoms with van der Waals surface area (Å²) in [7, 11) is -4.56. The van der Waals surface area contributed by atoms with Crippen LogP contribution in [0.5, 0.6) is 0 Å². The Hall–Kier alpha value is -1.61. The number of nitrogens with one attached hydrogen (secondary N) is 1. The maximum absolute atomic E-state index is 13.4. The van der Waals surface area contributed by atoms with E-state index in [0.29, 0.717) is 0 Å². The van der Waals surface area contributed by atoms with Crippen molar-refractivity contribution in [3.63, 3.8) is 0 Å². The molecule has 1 unspecified atom stereocenters. The largest absolute Gasteiger partial charge is 0.464 e. The molecule has 0 spiro atoms. The van der Waals surface area contributed by atoms with Gasteiger partial charge in [0.1, 0.15) is 0 Å². The van der Waals surface area contributed by atoms with Crippen molar-refractivity contribution in [1.29, 1.82) is 0 Å². The number of rotatable bonds is 6. The number of alkyl halides is 3. The summed E-state index contributed by atoms with van der Waals surface area (Å²) in [5.74, 6) is -1.68. The Balaban J connectivity index is 3.34. The molecule has 9 heteroatoms. The van der Waals surface area contributed by atoms with Crippen LogP contribution >= 0.6 is 0 Å². The van der Waals surface area contributed by atoms with Crippen LogP contribution < -0.4 is 4.72 Å². The van der Waals surface area contributed by atoms with Crippen molar-refractivity contribution in [2.75, 3.05) is 6.61 Å². The first kappa shape index (κ1) is 19.4. The summed E-state index contributed by atoms with van der Waals surface area (Å²) in [6.07, 6.45) is -5.98. The fraction of sp³-hybridized carbons (Fsp3) is 0.500. The minimum atomic E-state index is -5.15. The van der Waals surface area contributed by atoms with E-state index in [1.165, 1.54) is 35.9 Å². The predicted molar refractivity (Wildman–Crippen MR) is 77.2 cm³/mol. The fourth-order valence-corrected chi connectivity index (χ4v) is 3.31. The second-order valence-electron chi connectivity index (χ2n) is 4.90. The van der Waals surface area contributed by atoms with Crippen molar-refractivity contribution in [2.45, 2.75) is 43.8 Å². The van der Waals surface area contributed by atoms with E-state index >= 15 is 0 Å². The van der Waals surface area contributed by atoms with Gasteiger partial charge in [0.15, 0.2) is 0 Å². The maximum atomic E-state index is 13.4. The molecule has 23 heavy (non-hydrogen) atoms. The Morgan fingerprint density at radius 1 is 1.17 bits per heavy atom. The van der Waals surface area contributed by atoms with Crippen LogP contribution in [-0.4, -0.2) is 32.7 Å². The average molecular weight is 353 g/mol. The van der Waals surface area contributed by atoms with Gasteiger partial charge in [0, 0.05) is 0 Å². The van der Waals surface area contributed by atoms with Crippen molar-refractivity contribution in [1.82, 2.24) is 4.72 Å². The van der Waals surface area contributed by atoms with E-state index in [4.69, 9.17) is 0 Å². The molecule has 0 fully saturated rings. The Labute approximate surface area is 132 Å². The third kappa shape index (κ3) is 4.03. The Morgan fingerprint density at radius 2 is 1.70 bits per heavy atom. The second-order valence-corrected chi connectivity index (χ2v) is 6.58. The summed E-state index contributed by atoms with van der Waals surface area (Å²) in [4.78, 5) is 11.5. The first-order valence-corrected chi connectivity index (χ1v) is 8.33. The van der Waals surface area contributed by atoms with Gasteiger partial charge in [0.25, 0.3) is 0 Å². The standard InChI is InChI=1S/C14H18F3NO4S/c1-4-13(14(15,16)17,12(19)22-5-2)18-23(20,21)11-8-6-10(3)7-9-11/h6-9,18H,4-5H2,1-3H3. The average Bonchev–Trinajstić information content (AvgIpc) is 2.44. The summed E-state index contributed by atoms with van der Waals surface area (Å²) in [6, 6.07) is 5.22. The minimum absolute atomic E-state index is 0.303. The molecule has 0 heterocycles. The van der Waals surface area contributed by atoms with E-state index in [1.54, 1.807) is 6.92 Å². The van der Waals surface area contributed by atoms with Crippen LogP contribution in [0.2, 0.25) is 0 Å². The van der Waals surface area contributed by atoms with Crippen molar-refractivity contribution >= 4 is 16.0 Å². The van der Waals surface area contributed by atoms with Gasteiger partial charge >= 0.3 is 12.1 Å². The van der Waals surface area contributed by atoms with Crippen LogP contribution in [0.15, 0.2) is 29.2 Å². The smallest absolute Gasteiger partial charge is 0.418 e. The zero-order valence-electron chi connectivity index (χ0n) is 12.9. The van der Waals surface area contributed by atoms with Gasteiger partial charge in [-0.1, -0.05) is 24.6 Å². The molecule has 1 N–H and O–H groups in total. The van der Waals surface area contributed by atoms with Gasteiger partial charge in [-0.3, -0.25) is 0 Å². The Bertz CT molecular complexity index is 656. The molecule has 1 atom stereocenters. The van der Waals surface area contributed by atoms with Gasteiger partial charge in [0.2, 0.25) is 15.6 Å². The normalized spacial score (nSPS) is 15.0. The minimum Gasteiger partial charge on any atom is -0.464 e. The zero-order valence-corrected chi connectivity index (χ0v) is 13.7. The summed E-state index contributed by atoms with van der Waals surface area (Å²) < 4.78 is 70.7. The maximum Gasteiger partial charge on any atom is 0.418 e. The SMILES string of the molecule is CCOC(=O)C(CC)(NS(=O)(=O)c1ccc(C)cc1)C(F)(F)F. The molecule has 0 aliphatic heterocycles. The molecule has 0 saturated carbocycles. The molecule has 0 amide bonds. The highest BCUT2D eigenvalue weighted by molar-refractivity contribution is 7.89. The predicted octanol–water partition coefficient (Wildman–Crippen LogP) is 2.55. The number of esters is 1. The molecule has 0 saturated heterocycles. The number of hydrogen-bond donors (Lipinski definition) is 1. The van der Waals surface area contributed by atoms with Gasteiger partial charge in [-0.2, -0.15) is 17.9 Å². The molecule has 0 aliphatic rings. The number of ether oxygens (including phenoxy) is 1. The van der Waals surface area contributed by atoms with Gasteiger partial charge < -0.3 is 4.74 Å². The summed E-state index contributed by atoms with van der Waals surface area (Å²) in [5.41, 5.74) is -2.58. The summed E-state index contributed by atoms with van der Waals surface area (Å²) in [5, 5.41) is 0. The highest BCUT2D eigenvalue weighted by atomic mass is 32.2. The quantitative estimate of drug-likeness (QED) is 0.798. The lowest BCUT2D eigenvalue weighted by molar-refractivity contribution is -0.209. The molecule has 0 aliphatic carbocycles. The molecule has 1 rings (SSSR count). The molecular weight excluding hydrogens is 335 g/mol. The molecule has 0 bridgehead atoms. The topological polar surface area (TPSA) is 72.5 Å².